The van der Waals surface area contributed by atoms with Gasteiger partial charge in [-0.05, 0) is 46.0 Å². The molecule has 0 bridgehead atoms. The molecule has 1 heterocycles. The number of rotatable bonds is 7. The molecule has 0 saturated carbocycles. The Morgan fingerprint density at radius 3 is 2.76 bits per heavy atom. The fourth-order valence-electron chi connectivity index (χ4n) is 2.37. The van der Waals surface area contributed by atoms with E-state index in [-0.39, 0.29) is 0 Å². The summed E-state index contributed by atoms with van der Waals surface area (Å²) in [6.45, 7) is 6.40. The van der Waals surface area contributed by atoms with Crippen molar-refractivity contribution >= 4 is 22.6 Å². The first-order valence-electron chi connectivity index (χ1n) is 7.36. The van der Waals surface area contributed by atoms with Crippen LogP contribution in [-0.4, -0.2) is 41.2 Å². The van der Waals surface area contributed by atoms with Crippen LogP contribution in [0, 0.1) is 0 Å². The second-order valence-corrected chi connectivity index (χ2v) is 5.86. The molecular weight excluding hydrogens is 286 g/mol. The molecule has 1 aromatic heterocycles. The Morgan fingerprint density at radius 1 is 1.38 bits per heavy atom. The maximum atomic E-state index is 6.04. The summed E-state index contributed by atoms with van der Waals surface area (Å²) >= 11 is 6.04. The summed E-state index contributed by atoms with van der Waals surface area (Å²) in [5, 5.41) is 0. The van der Waals surface area contributed by atoms with Crippen molar-refractivity contribution in [1.29, 1.82) is 0 Å². The van der Waals surface area contributed by atoms with E-state index in [1.807, 2.05) is 18.2 Å². The molecule has 0 aliphatic rings. The standard InChI is InChI=1S/C16H24ClN3O/c1-12(2)19(3)8-5-9-20-15-10-13(21-4)6-7-14(15)18-16(20)11-17/h6-7,10,12H,5,8-9,11H2,1-4H3. The zero-order valence-electron chi connectivity index (χ0n) is 13.3. The number of alkyl halides is 1. The van der Waals surface area contributed by atoms with Crippen molar-refractivity contribution in [2.75, 3.05) is 20.7 Å². The average molecular weight is 310 g/mol. The van der Waals surface area contributed by atoms with E-state index in [0.717, 1.165) is 42.1 Å². The summed E-state index contributed by atoms with van der Waals surface area (Å²) < 4.78 is 7.52. The van der Waals surface area contributed by atoms with Gasteiger partial charge in [-0.15, -0.1) is 11.6 Å². The van der Waals surface area contributed by atoms with Crippen molar-refractivity contribution in [3.63, 3.8) is 0 Å². The number of hydrogen-bond donors (Lipinski definition) is 0. The summed E-state index contributed by atoms with van der Waals surface area (Å²) in [6, 6.07) is 6.52. The smallest absolute Gasteiger partial charge is 0.124 e. The van der Waals surface area contributed by atoms with Gasteiger partial charge < -0.3 is 14.2 Å². The van der Waals surface area contributed by atoms with Crippen LogP contribution in [0.3, 0.4) is 0 Å². The number of benzene rings is 1. The van der Waals surface area contributed by atoms with Gasteiger partial charge in [-0.1, -0.05) is 0 Å². The Hall–Kier alpha value is -1.26. The van der Waals surface area contributed by atoms with Gasteiger partial charge in [0.05, 0.1) is 24.0 Å². The summed E-state index contributed by atoms with van der Waals surface area (Å²) in [6.07, 6.45) is 1.07. The van der Waals surface area contributed by atoms with Crippen LogP contribution < -0.4 is 4.74 Å². The summed E-state index contributed by atoms with van der Waals surface area (Å²) in [5.41, 5.74) is 2.07. The van der Waals surface area contributed by atoms with E-state index in [0.29, 0.717) is 11.9 Å². The first kappa shape index (κ1) is 16.1. The van der Waals surface area contributed by atoms with Gasteiger partial charge in [0.15, 0.2) is 0 Å². The predicted molar refractivity (Wildman–Crippen MR) is 88.2 cm³/mol. The Balaban J connectivity index is 2.20. The highest BCUT2D eigenvalue weighted by atomic mass is 35.5. The van der Waals surface area contributed by atoms with Gasteiger partial charge in [-0.25, -0.2) is 4.98 Å². The summed E-state index contributed by atoms with van der Waals surface area (Å²) in [5.74, 6) is 2.20. The van der Waals surface area contributed by atoms with Crippen molar-refractivity contribution in [1.82, 2.24) is 14.5 Å². The van der Waals surface area contributed by atoms with Crippen LogP contribution in [0.1, 0.15) is 26.1 Å². The lowest BCUT2D eigenvalue weighted by Crippen LogP contribution is -2.28. The number of halogens is 1. The number of methoxy groups -OCH3 is 1. The van der Waals surface area contributed by atoms with Crippen LogP contribution in [0.2, 0.25) is 0 Å². The summed E-state index contributed by atoms with van der Waals surface area (Å²) in [7, 11) is 3.84. The molecule has 0 N–H and O–H groups in total. The van der Waals surface area contributed by atoms with Crippen LogP contribution in [0.5, 0.6) is 5.75 Å². The molecule has 0 aliphatic carbocycles. The maximum Gasteiger partial charge on any atom is 0.124 e. The SMILES string of the molecule is COc1ccc2nc(CCl)n(CCCN(C)C(C)C)c2c1. The van der Waals surface area contributed by atoms with E-state index in [2.05, 4.69) is 35.3 Å². The van der Waals surface area contributed by atoms with Crippen molar-refractivity contribution in [2.24, 2.45) is 0 Å². The van der Waals surface area contributed by atoms with E-state index < -0.39 is 0 Å². The van der Waals surface area contributed by atoms with Crippen LogP contribution in [0.15, 0.2) is 18.2 Å². The number of aryl methyl sites for hydroxylation is 1. The average Bonchev–Trinajstić information content (AvgIpc) is 2.84. The number of imidazole rings is 1. The Bertz CT molecular complexity index is 594. The predicted octanol–water partition coefficient (Wildman–Crippen LogP) is 3.51. The first-order chi connectivity index (χ1) is 10.1. The Morgan fingerprint density at radius 2 is 2.14 bits per heavy atom. The molecule has 0 fully saturated rings. The van der Waals surface area contributed by atoms with Gasteiger partial charge >= 0.3 is 0 Å². The van der Waals surface area contributed by atoms with E-state index in [1.54, 1.807) is 7.11 Å². The molecular formula is C16H24ClN3O. The van der Waals surface area contributed by atoms with Gasteiger partial charge in [-0.2, -0.15) is 0 Å². The Kier molecular flexibility index (Phi) is 5.48. The largest absolute Gasteiger partial charge is 0.497 e. The normalized spacial score (nSPS) is 11.8. The lowest BCUT2D eigenvalue weighted by molar-refractivity contribution is 0.265. The fraction of sp³-hybridized carbons (Fsp3) is 0.562. The second kappa shape index (κ2) is 7.14. The third-order valence-corrected chi connectivity index (χ3v) is 4.17. The molecule has 5 heteroatoms. The molecule has 2 aromatic rings. The third kappa shape index (κ3) is 3.69. The molecule has 1 aromatic carbocycles. The number of ether oxygens (including phenoxy) is 1. The van der Waals surface area contributed by atoms with Crippen LogP contribution >= 0.6 is 11.6 Å². The van der Waals surface area contributed by atoms with E-state index in [9.17, 15) is 0 Å². The fourth-order valence-corrected chi connectivity index (χ4v) is 2.57. The minimum atomic E-state index is 0.428. The monoisotopic (exact) mass is 309 g/mol. The van der Waals surface area contributed by atoms with Gasteiger partial charge in [0.1, 0.15) is 11.6 Å². The molecule has 0 spiro atoms. The van der Waals surface area contributed by atoms with Crippen molar-refractivity contribution in [3.05, 3.63) is 24.0 Å². The minimum absolute atomic E-state index is 0.428. The molecule has 0 unspecified atom stereocenters. The maximum absolute atomic E-state index is 6.04. The number of hydrogen-bond acceptors (Lipinski definition) is 3. The van der Waals surface area contributed by atoms with Crippen molar-refractivity contribution in [3.8, 4) is 5.75 Å². The number of nitrogens with zero attached hydrogens (tertiary/aromatic N) is 3. The van der Waals surface area contributed by atoms with Crippen LogP contribution in [0.4, 0.5) is 0 Å². The molecule has 0 radical (unpaired) electrons. The topological polar surface area (TPSA) is 30.3 Å². The minimum Gasteiger partial charge on any atom is -0.497 e. The number of fused-ring (bicyclic) bond motifs is 1. The first-order valence-corrected chi connectivity index (χ1v) is 7.89. The van der Waals surface area contributed by atoms with Crippen molar-refractivity contribution in [2.45, 2.75) is 38.7 Å². The highest BCUT2D eigenvalue weighted by molar-refractivity contribution is 6.16. The van der Waals surface area contributed by atoms with Crippen LogP contribution in [0.25, 0.3) is 11.0 Å². The van der Waals surface area contributed by atoms with Gasteiger partial charge in [0, 0.05) is 18.7 Å². The highest BCUT2D eigenvalue weighted by Crippen LogP contribution is 2.23. The molecule has 21 heavy (non-hydrogen) atoms. The van der Waals surface area contributed by atoms with Gasteiger partial charge in [-0.3, -0.25) is 0 Å². The quantitative estimate of drug-likeness (QED) is 0.733. The highest BCUT2D eigenvalue weighted by Gasteiger charge is 2.11. The van der Waals surface area contributed by atoms with Crippen molar-refractivity contribution < 1.29 is 4.74 Å². The van der Waals surface area contributed by atoms with Crippen LogP contribution in [-0.2, 0) is 12.4 Å². The molecule has 116 valence electrons. The lowest BCUT2D eigenvalue weighted by Gasteiger charge is -2.21. The molecule has 2 rings (SSSR count). The summed E-state index contributed by atoms with van der Waals surface area (Å²) in [4.78, 5) is 6.95. The molecule has 0 aliphatic heterocycles. The lowest BCUT2D eigenvalue weighted by atomic mass is 10.2. The van der Waals surface area contributed by atoms with E-state index in [4.69, 9.17) is 16.3 Å². The second-order valence-electron chi connectivity index (χ2n) is 5.60. The molecule has 0 atom stereocenters. The van der Waals surface area contributed by atoms with E-state index in [1.165, 1.54) is 0 Å². The molecule has 0 saturated heterocycles. The number of aromatic nitrogens is 2. The van der Waals surface area contributed by atoms with E-state index >= 15 is 0 Å². The third-order valence-electron chi connectivity index (χ3n) is 3.93. The van der Waals surface area contributed by atoms with Gasteiger partial charge in [0.25, 0.3) is 0 Å². The molecule has 0 amide bonds. The zero-order chi connectivity index (χ0) is 15.4. The van der Waals surface area contributed by atoms with Gasteiger partial charge in [0.2, 0.25) is 0 Å². The zero-order valence-corrected chi connectivity index (χ0v) is 14.0. The molecule has 4 nitrogen and oxygen atoms in total. The Labute approximate surface area is 131 Å².